The van der Waals surface area contributed by atoms with Crippen molar-refractivity contribution in [3.8, 4) is 0 Å². The van der Waals surface area contributed by atoms with Gasteiger partial charge < -0.3 is 14.8 Å². The van der Waals surface area contributed by atoms with E-state index >= 15 is 0 Å². The van der Waals surface area contributed by atoms with Gasteiger partial charge in [0, 0.05) is 43.7 Å². The normalized spacial score (nSPS) is 23.1. The first-order valence-corrected chi connectivity index (χ1v) is 9.67. The number of carbonyl (C=O) groups excluding carboxylic acids is 2. The van der Waals surface area contributed by atoms with Gasteiger partial charge in [-0.25, -0.2) is 4.98 Å². The van der Waals surface area contributed by atoms with E-state index in [2.05, 4.69) is 22.1 Å². The molecule has 3 heterocycles. The molecule has 27 heavy (non-hydrogen) atoms. The van der Waals surface area contributed by atoms with Crippen LogP contribution >= 0.6 is 0 Å². The predicted molar refractivity (Wildman–Crippen MR) is 102 cm³/mol. The van der Waals surface area contributed by atoms with Crippen LogP contribution < -0.4 is 0 Å². The minimum Gasteiger partial charge on any atom is -0.348 e. The molecule has 0 bridgehead atoms. The van der Waals surface area contributed by atoms with Gasteiger partial charge in [0.1, 0.15) is 5.69 Å². The van der Waals surface area contributed by atoms with Gasteiger partial charge >= 0.3 is 0 Å². The highest BCUT2D eigenvalue weighted by atomic mass is 16.2. The van der Waals surface area contributed by atoms with E-state index in [0.717, 1.165) is 43.6 Å². The molecule has 2 amide bonds. The largest absolute Gasteiger partial charge is 0.348 e. The fraction of sp³-hybridized carbons (Fsp3) is 0.476. The minimum absolute atomic E-state index is 0.000616. The number of amides is 2. The number of nitrogens with one attached hydrogen (secondary N) is 1. The molecule has 2 fully saturated rings. The molecule has 0 aliphatic carbocycles. The van der Waals surface area contributed by atoms with Crippen molar-refractivity contribution in [1.29, 1.82) is 0 Å². The van der Waals surface area contributed by atoms with Gasteiger partial charge in [-0.3, -0.25) is 9.59 Å². The van der Waals surface area contributed by atoms with Crippen LogP contribution in [0.2, 0.25) is 0 Å². The van der Waals surface area contributed by atoms with Crippen molar-refractivity contribution >= 4 is 11.8 Å². The number of aryl methyl sites for hydroxylation is 1. The van der Waals surface area contributed by atoms with Gasteiger partial charge in [-0.05, 0) is 31.7 Å². The van der Waals surface area contributed by atoms with Crippen molar-refractivity contribution in [3.63, 3.8) is 0 Å². The lowest BCUT2D eigenvalue weighted by atomic mass is 9.73. The molecule has 0 radical (unpaired) electrons. The maximum absolute atomic E-state index is 12.9. The lowest BCUT2D eigenvalue weighted by Crippen LogP contribution is -2.54. The smallest absolute Gasteiger partial charge is 0.274 e. The summed E-state index contributed by atoms with van der Waals surface area (Å²) in [6, 6.07) is 10.1. The zero-order valence-corrected chi connectivity index (χ0v) is 15.8. The van der Waals surface area contributed by atoms with E-state index in [9.17, 15) is 9.59 Å². The fourth-order valence-electron chi connectivity index (χ4n) is 4.49. The molecule has 1 unspecified atom stereocenters. The predicted octanol–water partition coefficient (Wildman–Crippen LogP) is 2.76. The van der Waals surface area contributed by atoms with Crippen LogP contribution in [0.1, 0.15) is 47.4 Å². The zero-order chi connectivity index (χ0) is 18.9. The first-order valence-electron chi connectivity index (χ1n) is 9.67. The standard InChI is InChI=1S/C21H26N4O2/c1-16-19(23-15-22-16)20(27)24-11-5-9-21(13-24)10-8-18(26)25(14-21)12-17-6-3-2-4-7-17/h2-4,6-7,15H,5,8-14H2,1H3,(H,22,23). The number of nitrogens with zero attached hydrogens (tertiary/aromatic N) is 3. The number of carbonyl (C=O) groups is 2. The molecule has 0 saturated carbocycles. The van der Waals surface area contributed by atoms with Gasteiger partial charge in [0.2, 0.25) is 5.91 Å². The Balaban J connectivity index is 1.49. The van der Waals surface area contributed by atoms with Crippen molar-refractivity contribution in [3.05, 3.63) is 53.6 Å². The average Bonchev–Trinajstić information content (AvgIpc) is 3.11. The van der Waals surface area contributed by atoms with E-state index in [4.69, 9.17) is 0 Å². The van der Waals surface area contributed by atoms with Crippen molar-refractivity contribution < 1.29 is 9.59 Å². The van der Waals surface area contributed by atoms with Crippen LogP contribution in [0, 0.1) is 12.3 Å². The van der Waals surface area contributed by atoms with Crippen LogP contribution in [0.4, 0.5) is 0 Å². The molecule has 1 atom stereocenters. The third-order valence-corrected chi connectivity index (χ3v) is 5.95. The van der Waals surface area contributed by atoms with Crippen LogP contribution in [0.5, 0.6) is 0 Å². The quantitative estimate of drug-likeness (QED) is 0.908. The van der Waals surface area contributed by atoms with Crippen LogP contribution in [0.3, 0.4) is 0 Å². The molecule has 2 aliphatic rings. The Morgan fingerprint density at radius 3 is 2.78 bits per heavy atom. The number of hydrogen-bond acceptors (Lipinski definition) is 3. The molecule has 6 nitrogen and oxygen atoms in total. The van der Waals surface area contributed by atoms with Crippen molar-refractivity contribution in [2.45, 2.75) is 39.2 Å². The molecule has 142 valence electrons. The number of aromatic nitrogens is 2. The van der Waals surface area contributed by atoms with Crippen LogP contribution in [0.15, 0.2) is 36.7 Å². The molecule has 2 aliphatic heterocycles. The lowest BCUT2D eigenvalue weighted by Gasteiger charge is -2.48. The number of piperidine rings is 2. The zero-order valence-electron chi connectivity index (χ0n) is 15.8. The summed E-state index contributed by atoms with van der Waals surface area (Å²) in [5, 5.41) is 0. The van der Waals surface area contributed by atoms with Gasteiger partial charge in [0.05, 0.1) is 6.33 Å². The number of imidazole rings is 1. The van der Waals surface area contributed by atoms with Crippen LogP contribution in [-0.4, -0.2) is 51.2 Å². The Bertz CT molecular complexity index is 832. The second-order valence-electron chi connectivity index (χ2n) is 7.94. The van der Waals surface area contributed by atoms with Crippen molar-refractivity contribution in [2.24, 2.45) is 5.41 Å². The second-order valence-corrected chi connectivity index (χ2v) is 7.94. The highest BCUT2D eigenvalue weighted by molar-refractivity contribution is 5.93. The fourth-order valence-corrected chi connectivity index (χ4v) is 4.49. The highest BCUT2D eigenvalue weighted by Crippen LogP contribution is 2.39. The van der Waals surface area contributed by atoms with E-state index in [-0.39, 0.29) is 17.2 Å². The van der Waals surface area contributed by atoms with Gasteiger partial charge in [-0.1, -0.05) is 30.3 Å². The summed E-state index contributed by atoms with van der Waals surface area (Å²) < 4.78 is 0. The number of H-pyrrole nitrogens is 1. The summed E-state index contributed by atoms with van der Waals surface area (Å²) >= 11 is 0. The summed E-state index contributed by atoms with van der Waals surface area (Å²) in [7, 11) is 0. The van der Waals surface area contributed by atoms with Gasteiger partial charge in [-0.2, -0.15) is 0 Å². The molecule has 1 aromatic heterocycles. The van der Waals surface area contributed by atoms with E-state index in [0.29, 0.717) is 25.2 Å². The van der Waals surface area contributed by atoms with E-state index < -0.39 is 0 Å². The van der Waals surface area contributed by atoms with Crippen molar-refractivity contribution in [2.75, 3.05) is 19.6 Å². The Hall–Kier alpha value is -2.63. The highest BCUT2D eigenvalue weighted by Gasteiger charge is 2.43. The first-order chi connectivity index (χ1) is 13.1. The Morgan fingerprint density at radius 2 is 2.04 bits per heavy atom. The molecule has 1 N–H and O–H groups in total. The number of benzene rings is 1. The average molecular weight is 366 g/mol. The molecule has 2 aromatic rings. The second kappa shape index (κ2) is 7.18. The van der Waals surface area contributed by atoms with Crippen LogP contribution in [-0.2, 0) is 11.3 Å². The summed E-state index contributed by atoms with van der Waals surface area (Å²) in [5.41, 5.74) is 2.48. The molecular formula is C21H26N4O2. The van der Waals surface area contributed by atoms with Gasteiger partial charge in [-0.15, -0.1) is 0 Å². The van der Waals surface area contributed by atoms with E-state index in [1.807, 2.05) is 34.9 Å². The monoisotopic (exact) mass is 366 g/mol. The van der Waals surface area contributed by atoms with E-state index in [1.54, 1.807) is 6.33 Å². The van der Waals surface area contributed by atoms with E-state index in [1.165, 1.54) is 0 Å². The summed E-state index contributed by atoms with van der Waals surface area (Å²) in [4.78, 5) is 36.5. The van der Waals surface area contributed by atoms with Gasteiger partial charge in [0.25, 0.3) is 5.91 Å². The molecule has 2 saturated heterocycles. The van der Waals surface area contributed by atoms with Crippen LogP contribution in [0.25, 0.3) is 0 Å². The first kappa shape index (κ1) is 17.8. The Morgan fingerprint density at radius 1 is 1.22 bits per heavy atom. The Kier molecular flexibility index (Phi) is 4.72. The minimum atomic E-state index is -0.000616. The lowest BCUT2D eigenvalue weighted by molar-refractivity contribution is -0.139. The molecule has 1 aromatic carbocycles. The maximum atomic E-state index is 12.9. The number of aromatic amines is 1. The number of likely N-dealkylation sites (tertiary alicyclic amines) is 2. The third-order valence-electron chi connectivity index (χ3n) is 5.95. The summed E-state index contributed by atoms with van der Waals surface area (Å²) in [6.07, 6.45) is 5.04. The van der Waals surface area contributed by atoms with Gasteiger partial charge in [0.15, 0.2) is 0 Å². The summed E-state index contributed by atoms with van der Waals surface area (Å²) in [5.74, 6) is 0.218. The third kappa shape index (κ3) is 3.61. The number of rotatable bonds is 3. The topological polar surface area (TPSA) is 69.3 Å². The number of hydrogen-bond donors (Lipinski definition) is 1. The SMILES string of the molecule is Cc1[nH]cnc1C(=O)N1CCCC2(CCC(=O)N(Cc3ccccc3)C2)C1. The summed E-state index contributed by atoms with van der Waals surface area (Å²) in [6.45, 7) is 4.72. The Labute approximate surface area is 159 Å². The molecule has 1 spiro atoms. The molecule has 4 rings (SSSR count). The molecule has 6 heteroatoms. The van der Waals surface area contributed by atoms with Crippen molar-refractivity contribution in [1.82, 2.24) is 19.8 Å². The maximum Gasteiger partial charge on any atom is 0.274 e. The molecular weight excluding hydrogens is 340 g/mol.